The van der Waals surface area contributed by atoms with Gasteiger partial charge in [-0.2, -0.15) is 0 Å². The molecular formula is C7H7BrN2. The van der Waals surface area contributed by atoms with Crippen LogP contribution in [0.15, 0.2) is 27.8 Å². The topological polar surface area (TPSA) is 25.2 Å². The zero-order valence-corrected chi connectivity index (χ0v) is 7.17. The molecule has 0 radical (unpaired) electrons. The van der Waals surface area contributed by atoms with Crippen LogP contribution < -0.4 is 0 Å². The maximum Gasteiger partial charge on any atom is 0.0949 e. The fourth-order valence-corrected chi connectivity index (χ4v) is 0.973. The minimum atomic E-state index is 0.866. The van der Waals surface area contributed by atoms with E-state index < -0.39 is 0 Å². The lowest BCUT2D eigenvalue weighted by molar-refractivity contribution is 1.27. The van der Waals surface area contributed by atoms with Gasteiger partial charge in [-0.05, 0) is 28.1 Å². The second-order valence-electron chi connectivity index (χ2n) is 1.76. The summed E-state index contributed by atoms with van der Waals surface area (Å²) in [6.45, 7) is 0. The second kappa shape index (κ2) is 3.46. The van der Waals surface area contributed by atoms with Crippen LogP contribution in [0.2, 0.25) is 0 Å². The van der Waals surface area contributed by atoms with E-state index in [1.165, 1.54) is 0 Å². The van der Waals surface area contributed by atoms with Gasteiger partial charge in [0.25, 0.3) is 0 Å². The van der Waals surface area contributed by atoms with Crippen LogP contribution >= 0.6 is 15.9 Å². The number of pyridine rings is 1. The molecule has 0 aliphatic rings. The van der Waals surface area contributed by atoms with Crippen molar-refractivity contribution in [3.8, 4) is 0 Å². The third-order valence-electron chi connectivity index (χ3n) is 1.04. The van der Waals surface area contributed by atoms with Gasteiger partial charge >= 0.3 is 0 Å². The van der Waals surface area contributed by atoms with Gasteiger partial charge in [0, 0.05) is 23.9 Å². The van der Waals surface area contributed by atoms with E-state index in [1.807, 2.05) is 12.1 Å². The quantitative estimate of drug-likeness (QED) is 0.634. The molecule has 0 atom stereocenters. The van der Waals surface area contributed by atoms with Crippen LogP contribution in [0, 0.1) is 0 Å². The Kier molecular flexibility index (Phi) is 2.57. The number of halogens is 1. The Bertz CT molecular complexity index is 245. The second-order valence-corrected chi connectivity index (χ2v) is 2.61. The molecule has 0 N–H and O–H groups in total. The first kappa shape index (κ1) is 7.41. The molecule has 0 saturated carbocycles. The molecule has 1 rings (SSSR count). The Balaban J connectivity index is 3.03. The van der Waals surface area contributed by atoms with Crippen molar-refractivity contribution >= 4 is 22.1 Å². The summed E-state index contributed by atoms with van der Waals surface area (Å²) in [5, 5.41) is 0. The highest BCUT2D eigenvalue weighted by atomic mass is 79.9. The molecule has 0 saturated heterocycles. The molecule has 0 spiro atoms. The molecule has 0 aromatic carbocycles. The van der Waals surface area contributed by atoms with Gasteiger partial charge in [0.05, 0.1) is 5.69 Å². The third kappa shape index (κ3) is 1.64. The summed E-state index contributed by atoms with van der Waals surface area (Å²) < 4.78 is 0.973. The molecule has 0 aliphatic carbocycles. The molecule has 52 valence electrons. The van der Waals surface area contributed by atoms with E-state index in [0.717, 1.165) is 10.2 Å². The average Bonchev–Trinajstić information content (AvgIpc) is 1.94. The molecule has 10 heavy (non-hydrogen) atoms. The van der Waals surface area contributed by atoms with E-state index >= 15 is 0 Å². The molecule has 0 amide bonds. The molecule has 1 heterocycles. The molecule has 1 aromatic heterocycles. The van der Waals surface area contributed by atoms with Crippen molar-refractivity contribution in [1.29, 1.82) is 0 Å². The summed E-state index contributed by atoms with van der Waals surface area (Å²) in [4.78, 5) is 7.92. The standard InChI is InChI=1S/C7H7BrN2/c1-9-5-7-6(8)3-2-4-10-7/h2-5H,1H3/b9-5-. The number of rotatable bonds is 1. The molecule has 2 nitrogen and oxygen atoms in total. The number of nitrogens with zero attached hydrogens (tertiary/aromatic N) is 2. The van der Waals surface area contributed by atoms with Crippen molar-refractivity contribution in [2.45, 2.75) is 0 Å². The minimum absolute atomic E-state index is 0.866. The maximum atomic E-state index is 4.07. The highest BCUT2D eigenvalue weighted by Gasteiger charge is 1.92. The average molecular weight is 199 g/mol. The van der Waals surface area contributed by atoms with Gasteiger partial charge in [0.1, 0.15) is 0 Å². The van der Waals surface area contributed by atoms with Crippen molar-refractivity contribution in [3.63, 3.8) is 0 Å². The summed E-state index contributed by atoms with van der Waals surface area (Å²) >= 11 is 3.34. The number of hydrogen-bond acceptors (Lipinski definition) is 2. The maximum absolute atomic E-state index is 4.07. The summed E-state index contributed by atoms with van der Waals surface area (Å²) in [7, 11) is 1.72. The van der Waals surface area contributed by atoms with Crippen molar-refractivity contribution in [1.82, 2.24) is 4.98 Å². The lowest BCUT2D eigenvalue weighted by Gasteiger charge is -1.92. The van der Waals surface area contributed by atoms with E-state index in [1.54, 1.807) is 19.5 Å². The monoisotopic (exact) mass is 198 g/mol. The molecule has 1 aromatic rings. The van der Waals surface area contributed by atoms with Crippen LogP contribution in [0.3, 0.4) is 0 Å². The Morgan fingerprint density at radius 2 is 2.50 bits per heavy atom. The number of aliphatic imine (C=N–C) groups is 1. The molecule has 3 heteroatoms. The summed E-state index contributed by atoms with van der Waals surface area (Å²) in [6, 6.07) is 3.81. The van der Waals surface area contributed by atoms with Gasteiger partial charge in [-0.3, -0.25) is 9.98 Å². The first-order chi connectivity index (χ1) is 4.84. The fraction of sp³-hybridized carbons (Fsp3) is 0.143. The van der Waals surface area contributed by atoms with Crippen molar-refractivity contribution < 1.29 is 0 Å². The van der Waals surface area contributed by atoms with Gasteiger partial charge in [-0.1, -0.05) is 0 Å². The van der Waals surface area contributed by atoms with E-state index in [2.05, 4.69) is 25.9 Å². The lowest BCUT2D eigenvalue weighted by atomic mass is 10.4. The molecule has 0 fully saturated rings. The number of hydrogen-bond donors (Lipinski definition) is 0. The highest BCUT2D eigenvalue weighted by Crippen LogP contribution is 2.10. The normalized spacial score (nSPS) is 10.6. The molecule has 0 unspecified atom stereocenters. The number of aromatic nitrogens is 1. The van der Waals surface area contributed by atoms with Crippen molar-refractivity contribution in [3.05, 3.63) is 28.5 Å². The first-order valence-electron chi connectivity index (χ1n) is 2.87. The van der Waals surface area contributed by atoms with E-state index in [9.17, 15) is 0 Å². The fourth-order valence-electron chi connectivity index (χ4n) is 0.615. The zero-order valence-electron chi connectivity index (χ0n) is 5.58. The van der Waals surface area contributed by atoms with Crippen LogP contribution in [-0.2, 0) is 0 Å². The van der Waals surface area contributed by atoms with Gasteiger partial charge in [-0.25, -0.2) is 0 Å². The van der Waals surface area contributed by atoms with Crippen LogP contribution in [0.5, 0.6) is 0 Å². The summed E-state index contributed by atoms with van der Waals surface area (Å²) in [6.07, 6.45) is 3.45. The zero-order chi connectivity index (χ0) is 7.40. The van der Waals surface area contributed by atoms with E-state index in [-0.39, 0.29) is 0 Å². The SMILES string of the molecule is C/N=C\c1ncccc1Br. The van der Waals surface area contributed by atoms with E-state index in [0.29, 0.717) is 0 Å². The Hall–Kier alpha value is -0.700. The first-order valence-corrected chi connectivity index (χ1v) is 3.66. The van der Waals surface area contributed by atoms with Crippen LogP contribution in [0.4, 0.5) is 0 Å². The Morgan fingerprint density at radius 3 is 3.10 bits per heavy atom. The van der Waals surface area contributed by atoms with Gasteiger partial charge in [0.15, 0.2) is 0 Å². The predicted octanol–water partition coefficient (Wildman–Crippen LogP) is 1.89. The van der Waals surface area contributed by atoms with E-state index in [4.69, 9.17) is 0 Å². The van der Waals surface area contributed by atoms with Crippen molar-refractivity contribution in [2.75, 3.05) is 7.05 Å². The Morgan fingerprint density at radius 1 is 1.70 bits per heavy atom. The smallest absolute Gasteiger partial charge is 0.0949 e. The van der Waals surface area contributed by atoms with Crippen molar-refractivity contribution in [2.24, 2.45) is 4.99 Å². The molecule has 0 bridgehead atoms. The predicted molar refractivity (Wildman–Crippen MR) is 45.5 cm³/mol. The summed E-state index contributed by atoms with van der Waals surface area (Å²) in [5.74, 6) is 0. The minimum Gasteiger partial charge on any atom is -0.294 e. The molecular weight excluding hydrogens is 192 g/mol. The van der Waals surface area contributed by atoms with Crippen LogP contribution in [0.25, 0.3) is 0 Å². The largest absolute Gasteiger partial charge is 0.294 e. The van der Waals surface area contributed by atoms with Crippen LogP contribution in [-0.4, -0.2) is 18.2 Å². The van der Waals surface area contributed by atoms with Crippen LogP contribution in [0.1, 0.15) is 5.69 Å². The van der Waals surface area contributed by atoms with Gasteiger partial charge in [0.2, 0.25) is 0 Å². The van der Waals surface area contributed by atoms with Gasteiger partial charge < -0.3 is 0 Å². The highest BCUT2D eigenvalue weighted by molar-refractivity contribution is 9.10. The summed E-state index contributed by atoms with van der Waals surface area (Å²) in [5.41, 5.74) is 0.866. The van der Waals surface area contributed by atoms with Gasteiger partial charge in [-0.15, -0.1) is 0 Å². The lowest BCUT2D eigenvalue weighted by Crippen LogP contribution is -1.86. The Labute approximate surface area is 68.1 Å². The third-order valence-corrected chi connectivity index (χ3v) is 1.71. The molecule has 0 aliphatic heterocycles.